The third-order valence-corrected chi connectivity index (χ3v) is 5.82. The Labute approximate surface area is 154 Å². The Morgan fingerprint density at radius 3 is 1.85 bits per heavy atom. The molecule has 0 saturated heterocycles. The molecule has 26 heavy (non-hydrogen) atoms. The van der Waals surface area contributed by atoms with E-state index in [4.69, 9.17) is 13.6 Å². The van der Waals surface area contributed by atoms with Crippen LogP contribution in [-0.4, -0.2) is 17.3 Å². The molecule has 0 amide bonds. The molecule has 1 aliphatic rings. The summed E-state index contributed by atoms with van der Waals surface area (Å²) in [4.78, 5) is 0. The molecule has 5 nitrogen and oxygen atoms in total. The SMILES string of the molecule is O=P(OCc1ccccc1)(OCc1ccccc1)O[C@H]1CCCC[C@H]1O. The lowest BCUT2D eigenvalue weighted by molar-refractivity contribution is -0.0228. The Balaban J connectivity index is 1.67. The van der Waals surface area contributed by atoms with Gasteiger partial charge in [-0.2, -0.15) is 0 Å². The van der Waals surface area contributed by atoms with E-state index < -0.39 is 20.0 Å². The molecular weight excluding hydrogens is 351 g/mol. The normalized spacial score (nSPS) is 20.8. The van der Waals surface area contributed by atoms with E-state index >= 15 is 0 Å². The fourth-order valence-corrected chi connectivity index (χ4v) is 4.31. The zero-order valence-corrected chi connectivity index (χ0v) is 15.6. The third-order valence-electron chi connectivity index (χ3n) is 4.40. The number of hydrogen-bond acceptors (Lipinski definition) is 5. The number of aliphatic hydroxyl groups is 1. The van der Waals surface area contributed by atoms with Crippen LogP contribution in [0.25, 0.3) is 0 Å². The van der Waals surface area contributed by atoms with Gasteiger partial charge in [-0.3, -0.25) is 13.6 Å². The summed E-state index contributed by atoms with van der Waals surface area (Å²) in [5.41, 5.74) is 1.76. The van der Waals surface area contributed by atoms with Gasteiger partial charge in [0.25, 0.3) is 0 Å². The van der Waals surface area contributed by atoms with E-state index in [9.17, 15) is 9.67 Å². The minimum atomic E-state index is -3.82. The maximum absolute atomic E-state index is 13.2. The summed E-state index contributed by atoms with van der Waals surface area (Å²) >= 11 is 0. The van der Waals surface area contributed by atoms with Gasteiger partial charge in [-0.05, 0) is 24.0 Å². The van der Waals surface area contributed by atoms with Gasteiger partial charge in [0.15, 0.2) is 0 Å². The minimum absolute atomic E-state index is 0.121. The second-order valence-electron chi connectivity index (χ2n) is 6.46. The molecule has 1 aliphatic carbocycles. The molecule has 0 aliphatic heterocycles. The standard InChI is InChI=1S/C20H25O5P/c21-19-13-7-8-14-20(19)25-26(22,23-15-17-9-3-1-4-10-17)24-16-18-11-5-2-6-12-18/h1-6,9-12,19-21H,7-8,13-16H2/t19-,20+/m1/s1. The molecule has 140 valence electrons. The minimum Gasteiger partial charge on any atom is -0.390 e. The molecule has 1 fully saturated rings. The van der Waals surface area contributed by atoms with Crippen molar-refractivity contribution in [1.29, 1.82) is 0 Å². The van der Waals surface area contributed by atoms with Crippen LogP contribution in [0.2, 0.25) is 0 Å². The number of rotatable bonds is 8. The van der Waals surface area contributed by atoms with Gasteiger partial charge in [-0.25, -0.2) is 4.57 Å². The predicted molar refractivity (Wildman–Crippen MR) is 99.4 cm³/mol. The van der Waals surface area contributed by atoms with Crippen molar-refractivity contribution in [2.24, 2.45) is 0 Å². The van der Waals surface area contributed by atoms with Crippen molar-refractivity contribution in [3.63, 3.8) is 0 Å². The van der Waals surface area contributed by atoms with E-state index in [2.05, 4.69) is 0 Å². The molecule has 1 saturated carbocycles. The third kappa shape index (κ3) is 5.76. The molecule has 0 spiro atoms. The molecule has 3 rings (SSSR count). The molecule has 6 heteroatoms. The summed E-state index contributed by atoms with van der Waals surface area (Å²) in [5, 5.41) is 10.1. The highest BCUT2D eigenvalue weighted by atomic mass is 31.2. The highest BCUT2D eigenvalue weighted by molar-refractivity contribution is 7.48. The van der Waals surface area contributed by atoms with Gasteiger partial charge in [-0.1, -0.05) is 73.5 Å². The first-order valence-electron chi connectivity index (χ1n) is 8.98. The topological polar surface area (TPSA) is 65.0 Å². The van der Waals surface area contributed by atoms with Crippen molar-refractivity contribution in [2.45, 2.75) is 51.1 Å². The zero-order chi connectivity index (χ0) is 18.2. The predicted octanol–water partition coefficient (Wildman–Crippen LogP) is 4.85. The Morgan fingerprint density at radius 2 is 1.35 bits per heavy atom. The molecule has 2 aromatic rings. The van der Waals surface area contributed by atoms with Crippen LogP contribution in [-0.2, 0) is 31.4 Å². The average Bonchev–Trinajstić information content (AvgIpc) is 2.69. The molecular formula is C20H25O5P. The molecule has 0 heterocycles. The van der Waals surface area contributed by atoms with Crippen molar-refractivity contribution in [3.05, 3.63) is 71.8 Å². The van der Waals surface area contributed by atoms with Crippen LogP contribution < -0.4 is 0 Å². The van der Waals surface area contributed by atoms with E-state index in [0.29, 0.717) is 12.8 Å². The van der Waals surface area contributed by atoms with Gasteiger partial charge >= 0.3 is 7.82 Å². The highest BCUT2D eigenvalue weighted by Crippen LogP contribution is 2.53. The molecule has 0 bridgehead atoms. The zero-order valence-electron chi connectivity index (χ0n) is 14.7. The van der Waals surface area contributed by atoms with Gasteiger partial charge in [0.05, 0.1) is 25.4 Å². The number of benzene rings is 2. The maximum Gasteiger partial charge on any atom is 0.475 e. The molecule has 2 aromatic carbocycles. The Hall–Kier alpha value is -1.49. The maximum atomic E-state index is 13.2. The first-order chi connectivity index (χ1) is 12.6. The lowest BCUT2D eigenvalue weighted by Crippen LogP contribution is -2.31. The van der Waals surface area contributed by atoms with Crippen LogP contribution in [0.3, 0.4) is 0 Å². The van der Waals surface area contributed by atoms with Gasteiger partial charge in [-0.15, -0.1) is 0 Å². The van der Waals surface area contributed by atoms with Crippen LogP contribution in [0, 0.1) is 0 Å². The van der Waals surface area contributed by atoms with Crippen LogP contribution in [0.15, 0.2) is 60.7 Å². The van der Waals surface area contributed by atoms with Crippen molar-refractivity contribution >= 4 is 7.82 Å². The number of aliphatic hydroxyl groups excluding tert-OH is 1. The van der Waals surface area contributed by atoms with Gasteiger partial charge < -0.3 is 5.11 Å². The summed E-state index contributed by atoms with van der Waals surface area (Å²) in [6.07, 6.45) is 2.00. The molecule has 0 unspecified atom stereocenters. The number of hydrogen-bond donors (Lipinski definition) is 1. The first-order valence-corrected chi connectivity index (χ1v) is 10.4. The lowest BCUT2D eigenvalue weighted by atomic mass is 9.95. The Kier molecular flexibility index (Phi) is 7.00. The van der Waals surface area contributed by atoms with E-state index in [1.807, 2.05) is 60.7 Å². The van der Waals surface area contributed by atoms with Crippen molar-refractivity contribution in [2.75, 3.05) is 0 Å². The van der Waals surface area contributed by atoms with Crippen molar-refractivity contribution in [1.82, 2.24) is 0 Å². The molecule has 0 radical (unpaired) electrons. The summed E-state index contributed by atoms with van der Waals surface area (Å²) in [7, 11) is -3.82. The van der Waals surface area contributed by atoms with Crippen LogP contribution in [0.5, 0.6) is 0 Å². The van der Waals surface area contributed by atoms with Crippen molar-refractivity contribution in [3.8, 4) is 0 Å². The quantitative estimate of drug-likeness (QED) is 0.668. The smallest absolute Gasteiger partial charge is 0.390 e. The second kappa shape index (κ2) is 9.45. The number of phosphoric acid groups is 1. The Bertz CT molecular complexity index is 659. The monoisotopic (exact) mass is 376 g/mol. The highest BCUT2D eigenvalue weighted by Gasteiger charge is 2.35. The fraction of sp³-hybridized carbons (Fsp3) is 0.400. The van der Waals surface area contributed by atoms with Crippen LogP contribution in [0.1, 0.15) is 36.8 Å². The van der Waals surface area contributed by atoms with Gasteiger partial charge in [0.1, 0.15) is 0 Å². The second-order valence-corrected chi connectivity index (χ2v) is 8.08. The molecule has 0 aromatic heterocycles. The lowest BCUT2D eigenvalue weighted by Gasteiger charge is -2.30. The van der Waals surface area contributed by atoms with Crippen molar-refractivity contribution < 1.29 is 23.2 Å². The summed E-state index contributed by atoms with van der Waals surface area (Å²) in [5.74, 6) is 0. The summed E-state index contributed by atoms with van der Waals surface area (Å²) < 4.78 is 30.1. The van der Waals surface area contributed by atoms with Crippen LogP contribution in [0.4, 0.5) is 0 Å². The van der Waals surface area contributed by atoms with E-state index in [0.717, 1.165) is 24.0 Å². The average molecular weight is 376 g/mol. The fourth-order valence-electron chi connectivity index (χ4n) is 2.92. The van der Waals surface area contributed by atoms with E-state index in [1.165, 1.54) is 0 Å². The van der Waals surface area contributed by atoms with E-state index in [-0.39, 0.29) is 13.2 Å². The van der Waals surface area contributed by atoms with Gasteiger partial charge in [0.2, 0.25) is 0 Å². The molecule has 1 N–H and O–H groups in total. The number of phosphoric ester groups is 1. The van der Waals surface area contributed by atoms with E-state index in [1.54, 1.807) is 0 Å². The van der Waals surface area contributed by atoms with Gasteiger partial charge in [0, 0.05) is 0 Å². The largest absolute Gasteiger partial charge is 0.475 e. The summed E-state index contributed by atoms with van der Waals surface area (Å²) in [6, 6.07) is 18.9. The summed E-state index contributed by atoms with van der Waals surface area (Å²) in [6.45, 7) is 0.242. The van der Waals surface area contributed by atoms with Crippen LogP contribution >= 0.6 is 7.82 Å². The molecule has 2 atom stereocenters. The first kappa shape index (κ1) is 19.3. The Morgan fingerprint density at radius 1 is 0.846 bits per heavy atom.